The van der Waals surface area contributed by atoms with Gasteiger partial charge < -0.3 is 15.3 Å². The Labute approximate surface area is 125 Å². The van der Waals surface area contributed by atoms with Crippen LogP contribution in [0, 0.1) is 6.92 Å². The van der Waals surface area contributed by atoms with Crippen LogP contribution >= 0.6 is 0 Å². The molecule has 2 atom stereocenters. The van der Waals surface area contributed by atoms with Crippen LogP contribution < -0.4 is 5.32 Å². The molecular weight excluding hydrogens is 268 g/mol. The minimum atomic E-state index is -1.10. The Morgan fingerprint density at radius 2 is 1.95 bits per heavy atom. The molecule has 21 heavy (non-hydrogen) atoms. The van der Waals surface area contributed by atoms with Crippen molar-refractivity contribution in [3.63, 3.8) is 0 Å². The van der Waals surface area contributed by atoms with Gasteiger partial charge in [0.25, 0.3) is 0 Å². The van der Waals surface area contributed by atoms with E-state index in [1.807, 2.05) is 38.1 Å². The fourth-order valence-corrected chi connectivity index (χ4v) is 2.71. The van der Waals surface area contributed by atoms with Gasteiger partial charge in [-0.3, -0.25) is 0 Å². The molecule has 5 heteroatoms. The van der Waals surface area contributed by atoms with Crippen LogP contribution in [0.4, 0.5) is 4.79 Å². The largest absolute Gasteiger partial charge is 0.480 e. The highest BCUT2D eigenvalue weighted by Gasteiger charge is 2.46. The predicted octanol–water partition coefficient (Wildman–Crippen LogP) is 2.70. The zero-order chi connectivity index (χ0) is 15.6. The third-order valence-corrected chi connectivity index (χ3v) is 4.26. The van der Waals surface area contributed by atoms with Gasteiger partial charge in [-0.25, -0.2) is 9.59 Å². The lowest BCUT2D eigenvalue weighted by molar-refractivity contribution is -0.147. The van der Waals surface area contributed by atoms with Crippen LogP contribution in [-0.2, 0) is 4.79 Å². The summed E-state index contributed by atoms with van der Waals surface area (Å²) in [4.78, 5) is 25.2. The van der Waals surface area contributed by atoms with Crippen molar-refractivity contribution in [1.82, 2.24) is 10.2 Å². The fraction of sp³-hybridized carbons (Fsp3) is 0.500. The molecule has 1 saturated heterocycles. The molecule has 2 rings (SSSR count). The standard InChI is InChI=1S/C16H22N2O3/c1-11-5-7-13(8-6-11)12(2)17-15(21)18-10-4-9-16(18,3)14(19)20/h5-8,12H,4,9-10H2,1-3H3,(H,17,21)(H,19,20). The summed E-state index contributed by atoms with van der Waals surface area (Å²) in [7, 11) is 0. The van der Waals surface area contributed by atoms with Crippen molar-refractivity contribution < 1.29 is 14.7 Å². The van der Waals surface area contributed by atoms with E-state index in [4.69, 9.17) is 0 Å². The topological polar surface area (TPSA) is 69.6 Å². The van der Waals surface area contributed by atoms with E-state index in [0.29, 0.717) is 13.0 Å². The number of carbonyl (C=O) groups is 2. The number of carboxylic acids is 1. The Balaban J connectivity index is 2.07. The lowest BCUT2D eigenvalue weighted by Crippen LogP contribution is -2.54. The van der Waals surface area contributed by atoms with E-state index in [-0.39, 0.29) is 12.1 Å². The van der Waals surface area contributed by atoms with Crippen LogP contribution in [0.3, 0.4) is 0 Å². The first kappa shape index (κ1) is 15.4. The number of rotatable bonds is 3. The summed E-state index contributed by atoms with van der Waals surface area (Å²) in [6.07, 6.45) is 1.21. The van der Waals surface area contributed by atoms with Gasteiger partial charge in [0.2, 0.25) is 0 Å². The van der Waals surface area contributed by atoms with Gasteiger partial charge in [0.15, 0.2) is 0 Å². The molecule has 2 unspecified atom stereocenters. The summed E-state index contributed by atoms with van der Waals surface area (Å²) in [5, 5.41) is 12.2. The van der Waals surface area contributed by atoms with E-state index in [1.165, 1.54) is 4.90 Å². The highest BCUT2D eigenvalue weighted by Crippen LogP contribution is 2.29. The monoisotopic (exact) mass is 290 g/mol. The molecule has 0 spiro atoms. The van der Waals surface area contributed by atoms with Gasteiger partial charge in [0.05, 0.1) is 6.04 Å². The average Bonchev–Trinajstić information content (AvgIpc) is 2.83. The molecule has 5 nitrogen and oxygen atoms in total. The van der Waals surface area contributed by atoms with Crippen LogP contribution in [0.1, 0.15) is 43.9 Å². The molecule has 0 bridgehead atoms. The Morgan fingerprint density at radius 1 is 1.33 bits per heavy atom. The maximum atomic E-state index is 12.4. The second kappa shape index (κ2) is 5.76. The van der Waals surface area contributed by atoms with Crippen molar-refractivity contribution in [2.75, 3.05) is 6.54 Å². The number of hydrogen-bond donors (Lipinski definition) is 2. The van der Waals surface area contributed by atoms with Gasteiger partial charge in [-0.15, -0.1) is 0 Å². The first-order chi connectivity index (χ1) is 9.84. The SMILES string of the molecule is Cc1ccc(C(C)NC(=O)N2CCCC2(C)C(=O)O)cc1. The van der Waals surface area contributed by atoms with Crippen molar-refractivity contribution in [3.8, 4) is 0 Å². The molecule has 0 radical (unpaired) electrons. The summed E-state index contributed by atoms with van der Waals surface area (Å²) in [5.74, 6) is -0.946. The number of hydrogen-bond acceptors (Lipinski definition) is 2. The number of nitrogens with one attached hydrogen (secondary N) is 1. The number of aryl methyl sites for hydroxylation is 1. The van der Waals surface area contributed by atoms with Gasteiger partial charge >= 0.3 is 12.0 Å². The average molecular weight is 290 g/mol. The maximum Gasteiger partial charge on any atom is 0.329 e. The molecular formula is C16H22N2O3. The van der Waals surface area contributed by atoms with Crippen LogP contribution in [0.2, 0.25) is 0 Å². The van der Waals surface area contributed by atoms with Crippen molar-refractivity contribution in [2.45, 2.75) is 45.2 Å². The maximum absolute atomic E-state index is 12.4. The summed E-state index contributed by atoms with van der Waals surface area (Å²) < 4.78 is 0. The van der Waals surface area contributed by atoms with E-state index in [0.717, 1.165) is 17.5 Å². The van der Waals surface area contributed by atoms with Gasteiger partial charge in [-0.2, -0.15) is 0 Å². The Morgan fingerprint density at radius 3 is 2.52 bits per heavy atom. The Bertz CT molecular complexity index is 541. The van der Waals surface area contributed by atoms with E-state index in [1.54, 1.807) is 6.92 Å². The quantitative estimate of drug-likeness (QED) is 0.899. The fourth-order valence-electron chi connectivity index (χ4n) is 2.71. The van der Waals surface area contributed by atoms with E-state index in [9.17, 15) is 14.7 Å². The highest BCUT2D eigenvalue weighted by atomic mass is 16.4. The second-order valence-corrected chi connectivity index (χ2v) is 5.92. The van der Waals surface area contributed by atoms with E-state index in [2.05, 4.69) is 5.32 Å². The Hall–Kier alpha value is -2.04. The van der Waals surface area contributed by atoms with Gasteiger partial charge in [-0.1, -0.05) is 29.8 Å². The highest BCUT2D eigenvalue weighted by molar-refractivity contribution is 5.86. The van der Waals surface area contributed by atoms with Gasteiger partial charge in [0.1, 0.15) is 5.54 Å². The summed E-state index contributed by atoms with van der Waals surface area (Å²) in [5.41, 5.74) is 1.07. The van der Waals surface area contributed by atoms with Crippen LogP contribution in [0.25, 0.3) is 0 Å². The summed E-state index contributed by atoms with van der Waals surface area (Å²) in [6.45, 7) is 6.00. The molecule has 0 aliphatic carbocycles. The number of carbonyl (C=O) groups excluding carboxylic acids is 1. The zero-order valence-corrected chi connectivity index (χ0v) is 12.7. The molecule has 1 aromatic rings. The van der Waals surface area contributed by atoms with Crippen molar-refractivity contribution in [2.24, 2.45) is 0 Å². The summed E-state index contributed by atoms with van der Waals surface area (Å²) in [6, 6.07) is 7.47. The molecule has 1 heterocycles. The zero-order valence-electron chi connectivity index (χ0n) is 12.7. The number of likely N-dealkylation sites (tertiary alicyclic amines) is 1. The van der Waals surface area contributed by atoms with Gasteiger partial charge in [0, 0.05) is 6.54 Å². The number of carboxylic acid groups (broad SMARTS) is 1. The van der Waals surface area contributed by atoms with Crippen LogP contribution in [0.5, 0.6) is 0 Å². The molecule has 114 valence electrons. The lowest BCUT2D eigenvalue weighted by Gasteiger charge is -2.32. The van der Waals surface area contributed by atoms with E-state index < -0.39 is 11.5 Å². The van der Waals surface area contributed by atoms with Crippen molar-refractivity contribution >= 4 is 12.0 Å². The second-order valence-electron chi connectivity index (χ2n) is 5.92. The number of urea groups is 1. The summed E-state index contributed by atoms with van der Waals surface area (Å²) >= 11 is 0. The van der Waals surface area contributed by atoms with Gasteiger partial charge in [-0.05, 0) is 39.2 Å². The lowest BCUT2D eigenvalue weighted by atomic mass is 9.99. The van der Waals surface area contributed by atoms with Crippen molar-refractivity contribution in [1.29, 1.82) is 0 Å². The normalized spacial score (nSPS) is 22.9. The third-order valence-electron chi connectivity index (χ3n) is 4.26. The first-order valence-corrected chi connectivity index (χ1v) is 7.22. The number of amides is 2. The minimum absolute atomic E-state index is 0.156. The molecule has 1 aliphatic heterocycles. The van der Waals surface area contributed by atoms with Crippen LogP contribution in [0.15, 0.2) is 24.3 Å². The molecule has 0 aromatic heterocycles. The number of benzene rings is 1. The minimum Gasteiger partial charge on any atom is -0.480 e. The predicted molar refractivity (Wildman–Crippen MR) is 80.1 cm³/mol. The number of aliphatic carboxylic acids is 1. The molecule has 1 aliphatic rings. The molecule has 2 N–H and O–H groups in total. The van der Waals surface area contributed by atoms with Crippen LogP contribution in [-0.4, -0.2) is 34.1 Å². The molecule has 1 aromatic carbocycles. The Kier molecular flexibility index (Phi) is 4.21. The smallest absolute Gasteiger partial charge is 0.329 e. The first-order valence-electron chi connectivity index (χ1n) is 7.22. The molecule has 2 amide bonds. The third kappa shape index (κ3) is 3.01. The molecule has 1 fully saturated rings. The van der Waals surface area contributed by atoms with E-state index >= 15 is 0 Å². The molecule has 0 saturated carbocycles. The van der Waals surface area contributed by atoms with Crippen molar-refractivity contribution in [3.05, 3.63) is 35.4 Å². The number of nitrogens with zero attached hydrogens (tertiary/aromatic N) is 1.